The zero-order valence-corrected chi connectivity index (χ0v) is 17.3. The zero-order valence-electron chi connectivity index (χ0n) is 17.3. The van der Waals surface area contributed by atoms with Gasteiger partial charge in [0.15, 0.2) is 11.3 Å². The van der Waals surface area contributed by atoms with Gasteiger partial charge in [-0.1, -0.05) is 0 Å². The molecule has 0 bridgehead atoms. The van der Waals surface area contributed by atoms with Crippen LogP contribution in [0.15, 0.2) is 24.5 Å². The minimum absolute atomic E-state index is 0.0860. The molecule has 2 aromatic heterocycles. The average Bonchev–Trinajstić information content (AvgIpc) is 3.46. The molecule has 5 rings (SSSR count). The number of amides is 1. The van der Waals surface area contributed by atoms with E-state index in [0.717, 1.165) is 12.1 Å². The van der Waals surface area contributed by atoms with E-state index in [4.69, 9.17) is 0 Å². The van der Waals surface area contributed by atoms with Crippen molar-refractivity contribution in [2.75, 3.05) is 11.9 Å². The first-order valence-electron chi connectivity index (χ1n) is 10.5. The van der Waals surface area contributed by atoms with Gasteiger partial charge in [-0.2, -0.15) is 5.10 Å². The van der Waals surface area contributed by atoms with Gasteiger partial charge in [0.1, 0.15) is 30.0 Å². The molecule has 2 fully saturated rings. The highest BCUT2D eigenvalue weighted by Gasteiger charge is 2.39. The summed E-state index contributed by atoms with van der Waals surface area (Å²) in [5.74, 6) is -2.07. The Morgan fingerprint density at radius 3 is 2.61 bits per heavy atom. The first-order valence-corrected chi connectivity index (χ1v) is 10.5. The number of rotatable bonds is 4. The van der Waals surface area contributed by atoms with E-state index in [1.165, 1.54) is 11.2 Å². The topological polar surface area (TPSA) is 127 Å². The molecule has 5 atom stereocenters. The number of hydrogen-bond donors (Lipinski definition) is 4. The highest BCUT2D eigenvalue weighted by atomic mass is 19.1. The van der Waals surface area contributed by atoms with E-state index >= 15 is 0 Å². The summed E-state index contributed by atoms with van der Waals surface area (Å²) >= 11 is 0. The van der Waals surface area contributed by atoms with E-state index in [9.17, 15) is 28.2 Å². The van der Waals surface area contributed by atoms with Crippen molar-refractivity contribution >= 4 is 22.8 Å². The Hall–Kier alpha value is -3.25. The molecule has 1 aliphatic carbocycles. The van der Waals surface area contributed by atoms with E-state index in [1.807, 2.05) is 0 Å². The third kappa shape index (κ3) is 3.89. The largest absolute Gasteiger partial charge is 0.390 e. The Morgan fingerprint density at radius 1 is 1.15 bits per heavy atom. The number of anilines is 1. The number of hydrogen-bond acceptors (Lipinski definition) is 7. The van der Waals surface area contributed by atoms with E-state index in [0.29, 0.717) is 18.9 Å². The molecule has 3 aromatic rings. The van der Waals surface area contributed by atoms with E-state index in [-0.39, 0.29) is 41.1 Å². The fraction of sp³-hybridized carbons (Fsp3) is 0.429. The molecule has 2 aliphatic rings. The number of aliphatic hydroxyl groups is 2. The highest BCUT2D eigenvalue weighted by Crippen LogP contribution is 2.36. The van der Waals surface area contributed by atoms with Crippen LogP contribution in [0.1, 0.15) is 41.4 Å². The Bertz CT molecular complexity index is 1190. The van der Waals surface area contributed by atoms with Gasteiger partial charge >= 0.3 is 0 Å². The number of aromatic nitrogens is 4. The van der Waals surface area contributed by atoms with Gasteiger partial charge in [-0.05, 0) is 30.5 Å². The van der Waals surface area contributed by atoms with Crippen molar-refractivity contribution in [3.05, 3.63) is 47.4 Å². The number of aliphatic hydroxyl groups excluding tert-OH is 2. The Kier molecular flexibility index (Phi) is 5.41. The van der Waals surface area contributed by atoms with Gasteiger partial charge in [0.25, 0.3) is 5.91 Å². The van der Waals surface area contributed by atoms with Gasteiger partial charge < -0.3 is 20.4 Å². The van der Waals surface area contributed by atoms with E-state index in [2.05, 4.69) is 25.5 Å². The molecule has 1 aliphatic heterocycles. The van der Waals surface area contributed by atoms with Crippen LogP contribution in [0.25, 0.3) is 11.0 Å². The Labute approximate surface area is 185 Å². The molecule has 1 saturated heterocycles. The van der Waals surface area contributed by atoms with Crippen molar-refractivity contribution in [2.24, 2.45) is 0 Å². The third-order valence-corrected chi connectivity index (χ3v) is 6.24. The Morgan fingerprint density at radius 2 is 1.91 bits per heavy atom. The summed E-state index contributed by atoms with van der Waals surface area (Å²) in [7, 11) is 0. The maximum absolute atomic E-state index is 14.4. The molecule has 1 saturated carbocycles. The zero-order chi connectivity index (χ0) is 23.3. The van der Waals surface area contributed by atoms with Crippen LogP contribution in [-0.2, 0) is 0 Å². The summed E-state index contributed by atoms with van der Waals surface area (Å²) in [6.07, 6.45) is -1.23. The molecule has 174 valence electrons. The van der Waals surface area contributed by atoms with Crippen LogP contribution in [0.3, 0.4) is 0 Å². The summed E-state index contributed by atoms with van der Waals surface area (Å²) in [6.45, 7) is -0.264. The summed E-state index contributed by atoms with van der Waals surface area (Å²) in [5, 5.41) is 30.0. The second-order valence-electron chi connectivity index (χ2n) is 8.41. The average molecular weight is 462 g/mol. The van der Waals surface area contributed by atoms with Crippen LogP contribution >= 0.6 is 0 Å². The smallest absolute Gasteiger partial charge is 0.275 e. The lowest BCUT2D eigenvalue weighted by atomic mass is 10.0. The number of halogens is 3. The van der Waals surface area contributed by atoms with E-state index in [1.54, 1.807) is 0 Å². The molecular weight excluding hydrogens is 441 g/mol. The van der Waals surface area contributed by atoms with Crippen LogP contribution < -0.4 is 5.32 Å². The quantitative estimate of drug-likeness (QED) is 0.466. The number of benzene rings is 1. The molecule has 4 N–H and O–H groups in total. The Balaban J connectivity index is 1.50. The first kappa shape index (κ1) is 21.6. The predicted molar refractivity (Wildman–Crippen MR) is 110 cm³/mol. The lowest BCUT2D eigenvalue weighted by Gasteiger charge is -2.24. The monoisotopic (exact) mass is 462 g/mol. The van der Waals surface area contributed by atoms with Crippen molar-refractivity contribution in [1.82, 2.24) is 25.1 Å². The number of H-pyrrole nitrogens is 1. The second-order valence-corrected chi connectivity index (χ2v) is 8.41. The van der Waals surface area contributed by atoms with Crippen molar-refractivity contribution in [2.45, 2.75) is 49.7 Å². The maximum Gasteiger partial charge on any atom is 0.275 e. The summed E-state index contributed by atoms with van der Waals surface area (Å²) < 4.78 is 41.9. The second kappa shape index (κ2) is 8.27. The molecule has 1 amide bonds. The summed E-state index contributed by atoms with van der Waals surface area (Å²) in [5.41, 5.74) is 0.309. The fourth-order valence-corrected chi connectivity index (χ4v) is 4.65. The highest BCUT2D eigenvalue weighted by molar-refractivity contribution is 6.07. The third-order valence-electron chi connectivity index (χ3n) is 6.24. The van der Waals surface area contributed by atoms with E-state index < -0.39 is 48.0 Å². The number of carbonyl (C=O) groups is 1. The van der Waals surface area contributed by atoms with Gasteiger partial charge in [0.2, 0.25) is 0 Å². The van der Waals surface area contributed by atoms with Crippen molar-refractivity contribution < 1.29 is 28.2 Å². The number of nitrogens with one attached hydrogen (secondary N) is 2. The van der Waals surface area contributed by atoms with Gasteiger partial charge in [0.05, 0.1) is 36.2 Å². The number of alkyl halides is 1. The maximum atomic E-state index is 14.4. The van der Waals surface area contributed by atoms with Crippen LogP contribution in [-0.4, -0.2) is 72.2 Å². The lowest BCUT2D eigenvalue weighted by Crippen LogP contribution is -2.35. The number of fused-ring (bicyclic) bond motifs is 1. The fourth-order valence-electron chi connectivity index (χ4n) is 4.65. The first-order chi connectivity index (χ1) is 15.8. The van der Waals surface area contributed by atoms with Gasteiger partial charge in [-0.3, -0.25) is 9.89 Å². The number of nitrogens with zero attached hydrogens (tertiary/aromatic N) is 4. The van der Waals surface area contributed by atoms with Crippen LogP contribution in [0.4, 0.5) is 19.0 Å². The minimum Gasteiger partial charge on any atom is -0.390 e. The standard InChI is InChI=1S/C21H21F3N6O3/c22-10-3-9(4-11(23)5-10)14-6-12(24)7-30(14)21(33)17-16-19(25-8-26-20(16)29-28-17)27-13-1-2-15(31)18(13)32/h3-5,8,12-15,18,31-32H,1-2,6-7H2,(H2,25,26,27,28,29)/t12-,13+,14+,15+,18-/m0/s1. The molecule has 0 radical (unpaired) electrons. The number of aromatic amines is 1. The molecule has 1 aromatic carbocycles. The summed E-state index contributed by atoms with van der Waals surface area (Å²) in [6, 6.07) is 1.50. The molecule has 0 unspecified atom stereocenters. The predicted octanol–water partition coefficient (Wildman–Crippen LogP) is 1.85. The molecule has 12 heteroatoms. The van der Waals surface area contributed by atoms with Crippen molar-refractivity contribution in [3.63, 3.8) is 0 Å². The SMILES string of the molecule is O=C(c1n[nH]c2ncnc(N[C@@H]3CC[C@@H](O)[C@H]3O)c12)N1C[C@@H](F)C[C@@H]1c1cc(F)cc(F)c1. The van der Waals surface area contributed by atoms with Crippen molar-refractivity contribution in [1.29, 1.82) is 0 Å². The number of likely N-dealkylation sites (tertiary alicyclic amines) is 1. The lowest BCUT2D eigenvalue weighted by molar-refractivity contribution is 0.0392. The minimum atomic E-state index is -1.38. The molecular formula is C21H21F3N6O3. The van der Waals surface area contributed by atoms with Gasteiger partial charge in [-0.15, -0.1) is 0 Å². The van der Waals surface area contributed by atoms with Gasteiger partial charge in [0, 0.05) is 12.5 Å². The van der Waals surface area contributed by atoms with Crippen LogP contribution in [0, 0.1) is 11.6 Å². The molecule has 33 heavy (non-hydrogen) atoms. The molecule has 9 nitrogen and oxygen atoms in total. The van der Waals surface area contributed by atoms with Gasteiger partial charge in [-0.25, -0.2) is 23.1 Å². The summed E-state index contributed by atoms with van der Waals surface area (Å²) in [4.78, 5) is 22.9. The normalized spacial score (nSPS) is 27.4. The van der Waals surface area contributed by atoms with Crippen LogP contribution in [0.2, 0.25) is 0 Å². The molecule has 3 heterocycles. The van der Waals surface area contributed by atoms with Crippen molar-refractivity contribution in [3.8, 4) is 0 Å². The van der Waals surface area contributed by atoms with Crippen LogP contribution in [0.5, 0.6) is 0 Å². The molecule has 0 spiro atoms. The number of carbonyl (C=O) groups excluding carboxylic acids is 1.